The fourth-order valence-electron chi connectivity index (χ4n) is 1.62. The quantitative estimate of drug-likeness (QED) is 0.687. The minimum Gasteiger partial charge on any atom is -0.340 e. The Morgan fingerprint density at radius 3 is 2.19 bits per heavy atom. The van der Waals surface area contributed by atoms with Crippen LogP contribution >= 0.6 is 0 Å². The molecule has 1 atom stereocenters. The minimum atomic E-state index is -2.98. The van der Waals surface area contributed by atoms with Crippen LogP contribution in [0.5, 0.6) is 0 Å². The zero-order valence-corrected chi connectivity index (χ0v) is 10.3. The first-order valence-corrected chi connectivity index (χ1v) is 7.08. The first-order valence-electron chi connectivity index (χ1n) is 5.26. The summed E-state index contributed by atoms with van der Waals surface area (Å²) in [5.41, 5.74) is 0. The van der Waals surface area contributed by atoms with Gasteiger partial charge in [-0.15, -0.1) is 0 Å². The van der Waals surface area contributed by atoms with E-state index in [1.807, 2.05) is 19.9 Å². The molecule has 0 N–H and O–H groups in total. The molecule has 0 aromatic heterocycles. The number of sulfone groups is 1. The summed E-state index contributed by atoms with van der Waals surface area (Å²) in [6.07, 6.45) is 0. The van der Waals surface area contributed by atoms with Gasteiger partial charge in [-0.05, 0) is 5.92 Å². The summed E-state index contributed by atoms with van der Waals surface area (Å²) >= 11 is 0. The van der Waals surface area contributed by atoms with Gasteiger partial charge >= 0.3 is 0 Å². The Morgan fingerprint density at radius 2 is 1.81 bits per heavy atom. The van der Waals surface area contributed by atoms with E-state index in [4.69, 9.17) is 5.26 Å². The Balaban J connectivity index is 2.67. The van der Waals surface area contributed by atoms with Crippen LogP contribution in [0.4, 0.5) is 0 Å². The van der Waals surface area contributed by atoms with Gasteiger partial charge in [0.1, 0.15) is 5.92 Å². The molecule has 1 aliphatic heterocycles. The van der Waals surface area contributed by atoms with Gasteiger partial charge in [-0.3, -0.25) is 4.79 Å². The highest BCUT2D eigenvalue weighted by Crippen LogP contribution is 2.15. The number of nitrogens with zero attached hydrogens (tertiary/aromatic N) is 2. The summed E-state index contributed by atoms with van der Waals surface area (Å²) < 4.78 is 22.4. The van der Waals surface area contributed by atoms with Gasteiger partial charge in [0.2, 0.25) is 5.91 Å². The predicted octanol–water partition coefficient (Wildman–Crippen LogP) is 0.0392. The lowest BCUT2D eigenvalue weighted by molar-refractivity contribution is -0.134. The number of carbonyl (C=O) groups is 1. The van der Waals surface area contributed by atoms with Crippen molar-refractivity contribution in [1.82, 2.24) is 4.90 Å². The van der Waals surface area contributed by atoms with Crippen LogP contribution in [0.3, 0.4) is 0 Å². The maximum Gasteiger partial charge on any atom is 0.240 e. The summed E-state index contributed by atoms with van der Waals surface area (Å²) in [5, 5.41) is 8.88. The van der Waals surface area contributed by atoms with E-state index in [1.54, 1.807) is 0 Å². The van der Waals surface area contributed by atoms with Crippen molar-refractivity contribution in [3.63, 3.8) is 0 Å². The van der Waals surface area contributed by atoms with Crippen molar-refractivity contribution in [3.8, 4) is 6.07 Å². The van der Waals surface area contributed by atoms with Crippen LogP contribution in [0.15, 0.2) is 0 Å². The Bertz CT molecular complexity index is 394. The summed E-state index contributed by atoms with van der Waals surface area (Å²) in [6.45, 7) is 4.05. The zero-order valence-electron chi connectivity index (χ0n) is 9.51. The molecular weight excluding hydrogens is 228 g/mol. The van der Waals surface area contributed by atoms with E-state index < -0.39 is 15.8 Å². The molecule has 1 saturated heterocycles. The first-order chi connectivity index (χ1) is 7.37. The van der Waals surface area contributed by atoms with E-state index in [0.717, 1.165) is 0 Å². The predicted molar refractivity (Wildman–Crippen MR) is 59.2 cm³/mol. The highest BCUT2D eigenvalue weighted by Gasteiger charge is 2.31. The van der Waals surface area contributed by atoms with Crippen molar-refractivity contribution in [2.45, 2.75) is 13.8 Å². The lowest BCUT2D eigenvalue weighted by atomic mass is 9.96. The molecule has 1 amide bonds. The van der Waals surface area contributed by atoms with Crippen molar-refractivity contribution in [2.24, 2.45) is 11.8 Å². The lowest BCUT2D eigenvalue weighted by Crippen LogP contribution is -2.46. The molecule has 1 fully saturated rings. The Hall–Kier alpha value is -1.09. The van der Waals surface area contributed by atoms with Crippen LogP contribution in [-0.4, -0.2) is 43.8 Å². The van der Waals surface area contributed by atoms with Crippen LogP contribution in [0.2, 0.25) is 0 Å². The number of amides is 1. The SMILES string of the molecule is CC(C)C(C#N)C(=O)N1CCS(=O)(=O)CC1. The third kappa shape index (κ3) is 2.95. The standard InChI is InChI=1S/C10H16N2O3S/c1-8(2)9(7-11)10(13)12-3-5-16(14,15)6-4-12/h8-9H,3-6H2,1-2H3. The third-order valence-electron chi connectivity index (χ3n) is 2.73. The molecule has 1 rings (SSSR count). The zero-order chi connectivity index (χ0) is 12.3. The number of rotatable bonds is 2. The molecule has 0 spiro atoms. The lowest BCUT2D eigenvalue weighted by Gasteiger charge is -2.29. The molecule has 16 heavy (non-hydrogen) atoms. The van der Waals surface area contributed by atoms with E-state index in [-0.39, 0.29) is 36.4 Å². The van der Waals surface area contributed by atoms with E-state index in [0.29, 0.717) is 0 Å². The highest BCUT2D eigenvalue weighted by atomic mass is 32.2. The van der Waals surface area contributed by atoms with Gasteiger partial charge < -0.3 is 4.90 Å². The molecule has 1 heterocycles. The second-order valence-corrected chi connectivity index (χ2v) is 6.63. The Morgan fingerprint density at radius 1 is 1.31 bits per heavy atom. The molecule has 0 saturated carbocycles. The molecule has 6 heteroatoms. The highest BCUT2D eigenvalue weighted by molar-refractivity contribution is 7.91. The van der Waals surface area contributed by atoms with Crippen molar-refractivity contribution >= 4 is 15.7 Å². The smallest absolute Gasteiger partial charge is 0.240 e. The van der Waals surface area contributed by atoms with Gasteiger partial charge in [0.25, 0.3) is 0 Å². The van der Waals surface area contributed by atoms with Gasteiger partial charge in [-0.1, -0.05) is 13.8 Å². The summed E-state index contributed by atoms with van der Waals surface area (Å²) in [4.78, 5) is 13.4. The van der Waals surface area contributed by atoms with Gasteiger partial charge in [-0.25, -0.2) is 8.42 Å². The number of hydrogen-bond acceptors (Lipinski definition) is 4. The molecule has 0 radical (unpaired) electrons. The van der Waals surface area contributed by atoms with E-state index >= 15 is 0 Å². The molecule has 0 bridgehead atoms. The monoisotopic (exact) mass is 244 g/mol. The molecule has 1 aliphatic rings. The van der Waals surface area contributed by atoms with Crippen molar-refractivity contribution in [3.05, 3.63) is 0 Å². The minimum absolute atomic E-state index is 0.00891. The summed E-state index contributed by atoms with van der Waals surface area (Å²) in [7, 11) is -2.98. The average molecular weight is 244 g/mol. The maximum atomic E-state index is 11.9. The molecular formula is C10H16N2O3S. The van der Waals surface area contributed by atoms with Crippen LogP contribution in [0.1, 0.15) is 13.8 Å². The van der Waals surface area contributed by atoms with E-state index in [1.165, 1.54) is 4.90 Å². The maximum absolute atomic E-state index is 11.9. The van der Waals surface area contributed by atoms with Gasteiger partial charge in [-0.2, -0.15) is 5.26 Å². The summed E-state index contributed by atoms with van der Waals surface area (Å²) in [6, 6.07) is 1.98. The molecule has 1 unspecified atom stereocenters. The van der Waals surface area contributed by atoms with Gasteiger partial charge in [0.05, 0.1) is 17.6 Å². The molecule has 0 aromatic carbocycles. The molecule has 5 nitrogen and oxygen atoms in total. The van der Waals surface area contributed by atoms with Crippen LogP contribution in [-0.2, 0) is 14.6 Å². The first kappa shape index (κ1) is 13.0. The Labute approximate surface area is 96.0 Å². The van der Waals surface area contributed by atoms with Crippen molar-refractivity contribution in [2.75, 3.05) is 24.6 Å². The molecule has 0 aromatic rings. The third-order valence-corrected chi connectivity index (χ3v) is 4.34. The number of hydrogen-bond donors (Lipinski definition) is 0. The van der Waals surface area contributed by atoms with E-state index in [2.05, 4.69) is 0 Å². The van der Waals surface area contributed by atoms with Crippen LogP contribution in [0, 0.1) is 23.2 Å². The van der Waals surface area contributed by atoms with Crippen LogP contribution in [0.25, 0.3) is 0 Å². The van der Waals surface area contributed by atoms with Crippen LogP contribution < -0.4 is 0 Å². The van der Waals surface area contributed by atoms with Crippen molar-refractivity contribution in [1.29, 1.82) is 5.26 Å². The second-order valence-electron chi connectivity index (χ2n) is 4.33. The fraction of sp³-hybridized carbons (Fsp3) is 0.800. The number of nitriles is 1. The molecule has 0 aliphatic carbocycles. The number of carbonyl (C=O) groups excluding carboxylic acids is 1. The normalized spacial score (nSPS) is 21.5. The Kier molecular flexibility index (Phi) is 3.92. The fourth-order valence-corrected chi connectivity index (χ4v) is 2.82. The average Bonchev–Trinajstić information content (AvgIpc) is 2.17. The van der Waals surface area contributed by atoms with Crippen molar-refractivity contribution < 1.29 is 13.2 Å². The molecule has 90 valence electrons. The van der Waals surface area contributed by atoms with Gasteiger partial charge in [0, 0.05) is 13.1 Å². The van der Waals surface area contributed by atoms with E-state index in [9.17, 15) is 13.2 Å². The van der Waals surface area contributed by atoms with Gasteiger partial charge in [0.15, 0.2) is 9.84 Å². The largest absolute Gasteiger partial charge is 0.340 e. The summed E-state index contributed by atoms with van der Waals surface area (Å²) in [5.74, 6) is -0.937. The topological polar surface area (TPSA) is 78.2 Å². The second kappa shape index (κ2) is 4.83.